The van der Waals surface area contributed by atoms with Crippen molar-refractivity contribution in [2.24, 2.45) is 11.1 Å². The summed E-state index contributed by atoms with van der Waals surface area (Å²) < 4.78 is 2.20. The highest BCUT2D eigenvalue weighted by Gasteiger charge is 2.22. The van der Waals surface area contributed by atoms with Crippen molar-refractivity contribution in [3.05, 3.63) is 36.0 Å². The Morgan fingerprint density at radius 3 is 2.59 bits per heavy atom. The van der Waals surface area contributed by atoms with Crippen molar-refractivity contribution in [2.45, 2.75) is 25.5 Å². The second kappa shape index (κ2) is 7.70. The molecule has 0 radical (unpaired) electrons. The SMILES string of the molecule is CO/N=C(\Cl)c1nc(SC)n(CC(C)C)c1-c1ccccc1. The molecule has 0 fully saturated rings. The number of rotatable bonds is 6. The maximum Gasteiger partial charge on any atom is 0.196 e. The van der Waals surface area contributed by atoms with E-state index in [0.717, 1.165) is 23.0 Å². The summed E-state index contributed by atoms with van der Waals surface area (Å²) in [7, 11) is 1.48. The van der Waals surface area contributed by atoms with Gasteiger partial charge in [0.15, 0.2) is 10.3 Å². The molecule has 0 aliphatic rings. The first kappa shape index (κ1) is 16.9. The van der Waals surface area contributed by atoms with Gasteiger partial charge in [-0.2, -0.15) is 0 Å². The molecule has 4 nitrogen and oxygen atoms in total. The van der Waals surface area contributed by atoms with E-state index < -0.39 is 0 Å². The molecule has 0 aliphatic heterocycles. The predicted molar refractivity (Wildman–Crippen MR) is 93.7 cm³/mol. The van der Waals surface area contributed by atoms with Crippen LogP contribution in [-0.2, 0) is 11.4 Å². The smallest absolute Gasteiger partial charge is 0.196 e. The number of imidazole rings is 1. The van der Waals surface area contributed by atoms with Crippen LogP contribution in [0.2, 0.25) is 0 Å². The highest BCUT2D eigenvalue weighted by atomic mass is 35.5. The van der Waals surface area contributed by atoms with E-state index in [4.69, 9.17) is 16.4 Å². The molecule has 6 heteroatoms. The molecule has 0 bridgehead atoms. The van der Waals surface area contributed by atoms with Crippen LogP contribution in [0.4, 0.5) is 0 Å². The first-order valence-electron chi connectivity index (χ1n) is 7.05. The van der Waals surface area contributed by atoms with E-state index in [1.165, 1.54) is 7.11 Å². The monoisotopic (exact) mass is 337 g/mol. The molecule has 0 N–H and O–H groups in total. The van der Waals surface area contributed by atoms with E-state index in [1.54, 1.807) is 11.8 Å². The third kappa shape index (κ3) is 3.65. The van der Waals surface area contributed by atoms with Crippen LogP contribution in [0.25, 0.3) is 11.3 Å². The maximum atomic E-state index is 6.28. The zero-order chi connectivity index (χ0) is 16.1. The van der Waals surface area contributed by atoms with E-state index in [0.29, 0.717) is 11.6 Å². The molecule has 1 aromatic carbocycles. The number of hydrogen-bond acceptors (Lipinski definition) is 4. The molecule has 0 aliphatic carbocycles. The van der Waals surface area contributed by atoms with Crippen LogP contribution < -0.4 is 0 Å². The number of nitrogens with zero attached hydrogens (tertiary/aromatic N) is 3. The van der Waals surface area contributed by atoms with E-state index in [9.17, 15) is 0 Å². The van der Waals surface area contributed by atoms with Crippen LogP contribution in [-0.4, -0.2) is 28.1 Å². The van der Waals surface area contributed by atoms with E-state index in [-0.39, 0.29) is 5.17 Å². The zero-order valence-corrected chi connectivity index (χ0v) is 14.8. The van der Waals surface area contributed by atoms with Crippen molar-refractivity contribution in [3.63, 3.8) is 0 Å². The van der Waals surface area contributed by atoms with Crippen molar-refractivity contribution in [1.29, 1.82) is 0 Å². The Labute approximate surface area is 140 Å². The minimum absolute atomic E-state index is 0.263. The number of aromatic nitrogens is 2. The molecule has 0 spiro atoms. The molecular formula is C16H20ClN3OS. The maximum absolute atomic E-state index is 6.28. The number of thioether (sulfide) groups is 1. The number of benzene rings is 1. The molecule has 0 atom stereocenters. The Morgan fingerprint density at radius 2 is 2.05 bits per heavy atom. The van der Waals surface area contributed by atoms with Crippen molar-refractivity contribution in [2.75, 3.05) is 13.4 Å². The minimum atomic E-state index is 0.263. The topological polar surface area (TPSA) is 39.4 Å². The van der Waals surface area contributed by atoms with Gasteiger partial charge >= 0.3 is 0 Å². The lowest BCUT2D eigenvalue weighted by molar-refractivity contribution is 0.214. The first-order chi connectivity index (χ1) is 10.6. The fourth-order valence-electron chi connectivity index (χ4n) is 2.28. The largest absolute Gasteiger partial charge is 0.398 e. The molecular weight excluding hydrogens is 318 g/mol. The summed E-state index contributed by atoms with van der Waals surface area (Å²) in [5.41, 5.74) is 2.69. The minimum Gasteiger partial charge on any atom is -0.398 e. The molecule has 0 saturated carbocycles. The summed E-state index contributed by atoms with van der Waals surface area (Å²) in [6, 6.07) is 10.1. The Hall–Kier alpha value is -1.46. The quantitative estimate of drug-likeness (QED) is 0.443. The molecule has 2 rings (SSSR count). The second-order valence-corrected chi connectivity index (χ2v) is 6.36. The molecule has 1 heterocycles. The van der Waals surface area contributed by atoms with Crippen LogP contribution in [0, 0.1) is 5.92 Å². The Morgan fingerprint density at radius 1 is 1.36 bits per heavy atom. The molecule has 0 amide bonds. The van der Waals surface area contributed by atoms with Gasteiger partial charge in [0, 0.05) is 12.1 Å². The van der Waals surface area contributed by atoms with Crippen LogP contribution >= 0.6 is 23.4 Å². The van der Waals surface area contributed by atoms with E-state index in [2.05, 4.69) is 40.7 Å². The Bertz CT molecular complexity index is 653. The van der Waals surface area contributed by atoms with Crippen LogP contribution in [0.5, 0.6) is 0 Å². The van der Waals surface area contributed by atoms with Gasteiger partial charge in [0.25, 0.3) is 0 Å². The van der Waals surface area contributed by atoms with E-state index in [1.807, 2.05) is 24.5 Å². The zero-order valence-electron chi connectivity index (χ0n) is 13.2. The molecule has 0 unspecified atom stereocenters. The van der Waals surface area contributed by atoms with Crippen molar-refractivity contribution in [1.82, 2.24) is 9.55 Å². The number of hydrogen-bond donors (Lipinski definition) is 0. The highest BCUT2D eigenvalue weighted by molar-refractivity contribution is 7.98. The third-order valence-corrected chi connectivity index (χ3v) is 4.00. The molecule has 22 heavy (non-hydrogen) atoms. The number of oxime groups is 1. The van der Waals surface area contributed by atoms with Crippen molar-refractivity contribution < 1.29 is 4.84 Å². The fraction of sp³-hybridized carbons (Fsp3) is 0.375. The van der Waals surface area contributed by atoms with Crippen LogP contribution in [0.3, 0.4) is 0 Å². The van der Waals surface area contributed by atoms with Crippen LogP contribution in [0.15, 0.2) is 40.6 Å². The van der Waals surface area contributed by atoms with E-state index >= 15 is 0 Å². The van der Waals surface area contributed by atoms with Gasteiger partial charge in [-0.25, -0.2) is 4.98 Å². The molecule has 0 saturated heterocycles. The van der Waals surface area contributed by atoms with Gasteiger partial charge < -0.3 is 9.40 Å². The third-order valence-electron chi connectivity index (χ3n) is 3.08. The average molecular weight is 338 g/mol. The summed E-state index contributed by atoms with van der Waals surface area (Å²) in [4.78, 5) is 9.47. The van der Waals surface area contributed by atoms with Gasteiger partial charge in [-0.05, 0) is 12.2 Å². The second-order valence-electron chi connectivity index (χ2n) is 5.23. The summed E-state index contributed by atoms with van der Waals surface area (Å²) in [6.07, 6.45) is 2.01. The molecule has 1 aromatic heterocycles. The fourth-order valence-corrected chi connectivity index (χ4v) is 3.05. The van der Waals surface area contributed by atoms with Gasteiger partial charge in [0.05, 0.1) is 5.69 Å². The summed E-state index contributed by atoms with van der Waals surface area (Å²) >= 11 is 7.88. The lowest BCUT2D eigenvalue weighted by atomic mass is 10.1. The molecule has 118 valence electrons. The lowest BCUT2D eigenvalue weighted by Crippen LogP contribution is -2.08. The van der Waals surface area contributed by atoms with Crippen molar-refractivity contribution in [3.8, 4) is 11.3 Å². The standard InChI is InChI=1S/C16H20ClN3OS/c1-11(2)10-20-14(12-8-6-5-7-9-12)13(15(17)19-21-3)18-16(20)22-4/h5-9,11H,10H2,1-4H3/b19-15-. The summed E-state index contributed by atoms with van der Waals surface area (Å²) in [6.45, 7) is 5.23. The Balaban J connectivity index is 2.68. The van der Waals surface area contributed by atoms with Gasteiger partial charge in [0.1, 0.15) is 12.8 Å². The Kier molecular flexibility index (Phi) is 5.91. The highest BCUT2D eigenvalue weighted by Crippen LogP contribution is 2.31. The lowest BCUT2D eigenvalue weighted by Gasteiger charge is -2.14. The average Bonchev–Trinajstić information content (AvgIpc) is 2.86. The van der Waals surface area contributed by atoms with Gasteiger partial charge in [-0.15, -0.1) is 0 Å². The summed E-state index contributed by atoms with van der Waals surface area (Å²) in [5.74, 6) is 0.494. The van der Waals surface area contributed by atoms with Crippen LogP contribution in [0.1, 0.15) is 19.5 Å². The molecule has 2 aromatic rings. The van der Waals surface area contributed by atoms with Gasteiger partial charge in [-0.1, -0.05) is 72.7 Å². The first-order valence-corrected chi connectivity index (χ1v) is 8.65. The predicted octanol–water partition coefficient (Wildman–Crippen LogP) is 4.47. The summed E-state index contributed by atoms with van der Waals surface area (Å²) in [5, 5.41) is 5.03. The van der Waals surface area contributed by atoms with Gasteiger partial charge in [0.2, 0.25) is 0 Å². The van der Waals surface area contributed by atoms with Crippen molar-refractivity contribution >= 4 is 28.5 Å². The normalized spacial score (nSPS) is 12.0. The number of halogens is 1. The van der Waals surface area contributed by atoms with Gasteiger partial charge in [-0.3, -0.25) is 0 Å².